The molecule has 0 unspecified atom stereocenters. The SMILES string of the molecule is CCN1C[C@H](C)n2c(c(OC)c3c(=O)n4nc(c32)N(CC)S(=O)(=O)CCCCOc2cc(F)ccc2C4)C1=O. The lowest BCUT2D eigenvalue weighted by atomic mass is 10.2. The Bertz CT molecular complexity index is 1620. The number of hydrogen-bond donors (Lipinski definition) is 0. The summed E-state index contributed by atoms with van der Waals surface area (Å²) < 4.78 is 56.8. The topological polar surface area (TPSA) is 116 Å². The fraction of sp³-hybridized carbons (Fsp3) is 0.500. The lowest BCUT2D eigenvalue weighted by Gasteiger charge is -2.33. The van der Waals surface area contributed by atoms with Crippen molar-refractivity contribution in [1.29, 1.82) is 0 Å². The fourth-order valence-electron chi connectivity index (χ4n) is 5.45. The van der Waals surface area contributed by atoms with Gasteiger partial charge >= 0.3 is 0 Å². The molecule has 0 radical (unpaired) electrons. The molecule has 0 saturated heterocycles. The highest BCUT2D eigenvalue weighted by atomic mass is 32.2. The van der Waals surface area contributed by atoms with E-state index in [4.69, 9.17) is 9.47 Å². The number of halogens is 1. The van der Waals surface area contributed by atoms with E-state index in [9.17, 15) is 22.4 Å². The Morgan fingerprint density at radius 3 is 2.64 bits per heavy atom. The Morgan fingerprint density at radius 1 is 1.18 bits per heavy atom. The lowest BCUT2D eigenvalue weighted by Crippen LogP contribution is -2.42. The van der Waals surface area contributed by atoms with Gasteiger partial charge in [0.15, 0.2) is 17.3 Å². The Balaban J connectivity index is 1.89. The van der Waals surface area contributed by atoms with Crippen LogP contribution in [0.3, 0.4) is 0 Å². The van der Waals surface area contributed by atoms with E-state index in [1.165, 1.54) is 29.6 Å². The molecule has 0 spiro atoms. The van der Waals surface area contributed by atoms with Gasteiger partial charge < -0.3 is 18.9 Å². The van der Waals surface area contributed by atoms with Gasteiger partial charge in [-0.15, -0.1) is 5.10 Å². The van der Waals surface area contributed by atoms with Gasteiger partial charge in [-0.1, -0.05) is 6.07 Å². The molecule has 2 bridgehead atoms. The van der Waals surface area contributed by atoms with E-state index in [1.807, 2.05) is 13.8 Å². The molecule has 210 valence electrons. The van der Waals surface area contributed by atoms with Crippen LogP contribution in [0.15, 0.2) is 23.0 Å². The number of likely N-dealkylation sites (N-methyl/N-ethyl adjacent to an activating group) is 1. The van der Waals surface area contributed by atoms with Crippen molar-refractivity contribution in [2.75, 3.05) is 43.4 Å². The van der Waals surface area contributed by atoms with Gasteiger partial charge in [0.2, 0.25) is 10.0 Å². The van der Waals surface area contributed by atoms with Gasteiger partial charge in [-0.3, -0.25) is 13.9 Å². The van der Waals surface area contributed by atoms with Crippen molar-refractivity contribution in [3.8, 4) is 11.5 Å². The van der Waals surface area contributed by atoms with Gasteiger partial charge in [0.1, 0.15) is 22.5 Å². The second-order valence-corrected chi connectivity index (χ2v) is 11.8. The molecule has 4 heterocycles. The minimum atomic E-state index is -3.87. The van der Waals surface area contributed by atoms with Crippen molar-refractivity contribution < 1.29 is 27.1 Å². The second kappa shape index (κ2) is 10.2. The van der Waals surface area contributed by atoms with E-state index in [1.54, 1.807) is 16.4 Å². The van der Waals surface area contributed by atoms with Crippen LogP contribution in [0.1, 0.15) is 55.7 Å². The summed E-state index contributed by atoms with van der Waals surface area (Å²) in [4.78, 5) is 29.2. The van der Waals surface area contributed by atoms with Crippen molar-refractivity contribution >= 4 is 32.7 Å². The molecule has 13 heteroatoms. The number of carbonyl (C=O) groups is 1. The molecule has 2 aromatic heterocycles. The average molecular weight is 562 g/mol. The minimum absolute atomic E-state index is 0.0464. The maximum Gasteiger partial charge on any atom is 0.280 e. The maximum atomic E-state index is 14.1. The first-order valence-corrected chi connectivity index (χ1v) is 14.7. The highest BCUT2D eigenvalue weighted by molar-refractivity contribution is 7.92. The summed E-state index contributed by atoms with van der Waals surface area (Å²) in [6, 6.07) is 3.75. The molecule has 11 nitrogen and oxygen atoms in total. The molecule has 0 fully saturated rings. The van der Waals surface area contributed by atoms with Gasteiger partial charge in [0, 0.05) is 37.3 Å². The number of ether oxygens (including phenoxy) is 2. The van der Waals surface area contributed by atoms with Crippen LogP contribution in [0, 0.1) is 5.82 Å². The third kappa shape index (κ3) is 4.42. The number of benzene rings is 1. The molecule has 1 amide bonds. The zero-order valence-corrected chi connectivity index (χ0v) is 23.3. The summed E-state index contributed by atoms with van der Waals surface area (Å²) in [5.41, 5.74) is 0.377. The normalized spacial score (nSPS) is 19.4. The number of sulfonamides is 1. The molecule has 2 aliphatic heterocycles. The van der Waals surface area contributed by atoms with Crippen LogP contribution >= 0.6 is 0 Å². The van der Waals surface area contributed by atoms with Crippen LogP contribution in [0.5, 0.6) is 11.5 Å². The summed E-state index contributed by atoms with van der Waals surface area (Å²) in [6.07, 6.45) is 0.738. The minimum Gasteiger partial charge on any atom is -0.493 e. The van der Waals surface area contributed by atoms with E-state index in [0.717, 1.165) is 4.68 Å². The smallest absolute Gasteiger partial charge is 0.280 e. The molecule has 0 N–H and O–H groups in total. The van der Waals surface area contributed by atoms with Crippen molar-refractivity contribution in [1.82, 2.24) is 19.2 Å². The number of amides is 1. The molecule has 0 saturated carbocycles. The fourth-order valence-corrected chi connectivity index (χ4v) is 7.02. The zero-order chi connectivity index (χ0) is 28.1. The molecular formula is C26H32FN5O6S. The van der Waals surface area contributed by atoms with Crippen molar-refractivity contribution in [3.63, 3.8) is 0 Å². The van der Waals surface area contributed by atoms with Gasteiger partial charge in [0.05, 0.1) is 26.0 Å². The number of aromatic nitrogens is 3. The third-order valence-electron chi connectivity index (χ3n) is 7.30. The first kappa shape index (κ1) is 27.0. The molecule has 1 atom stereocenters. The molecule has 3 aromatic rings. The van der Waals surface area contributed by atoms with Gasteiger partial charge in [-0.05, 0) is 39.7 Å². The van der Waals surface area contributed by atoms with E-state index >= 15 is 0 Å². The molecule has 0 aliphatic carbocycles. The van der Waals surface area contributed by atoms with Crippen molar-refractivity contribution in [3.05, 3.63) is 45.6 Å². The second-order valence-electron chi connectivity index (χ2n) is 9.74. The maximum absolute atomic E-state index is 14.1. The highest BCUT2D eigenvalue weighted by Gasteiger charge is 2.39. The zero-order valence-electron chi connectivity index (χ0n) is 22.4. The molecule has 39 heavy (non-hydrogen) atoms. The van der Waals surface area contributed by atoms with Gasteiger partial charge in [-0.25, -0.2) is 17.5 Å². The summed E-state index contributed by atoms with van der Waals surface area (Å²) in [7, 11) is -2.49. The number of methoxy groups -OCH3 is 1. The third-order valence-corrected chi connectivity index (χ3v) is 9.21. The number of anilines is 1. The van der Waals surface area contributed by atoms with Crippen LogP contribution in [0.25, 0.3) is 10.9 Å². The quantitative estimate of drug-likeness (QED) is 0.483. The standard InChI is InChI=1S/C26H32FN5O6S/c1-5-29-14-16(3)32-21-20(23(37-4)22(32)26(29)34)25(33)30-15-17-9-10-18(27)13-19(17)38-11-7-8-12-39(35,36)31(6-2)24(21)28-30/h9-10,13,16H,5-8,11-12,14-15H2,1-4H3/t16-/m0/s1. The summed E-state index contributed by atoms with van der Waals surface area (Å²) in [5, 5.41) is 4.66. The van der Waals surface area contributed by atoms with Crippen LogP contribution in [0.4, 0.5) is 10.2 Å². The molecule has 2 aliphatic rings. The van der Waals surface area contributed by atoms with Crippen LogP contribution in [-0.4, -0.2) is 72.7 Å². The molecule has 5 rings (SSSR count). The van der Waals surface area contributed by atoms with Crippen LogP contribution in [-0.2, 0) is 16.6 Å². The first-order chi connectivity index (χ1) is 18.6. The monoisotopic (exact) mass is 561 g/mol. The Hall–Kier alpha value is -3.61. The number of rotatable bonds is 3. The van der Waals surface area contributed by atoms with E-state index in [-0.39, 0.29) is 71.3 Å². The first-order valence-electron chi connectivity index (χ1n) is 13.1. The van der Waals surface area contributed by atoms with Crippen molar-refractivity contribution in [2.24, 2.45) is 0 Å². The van der Waals surface area contributed by atoms with E-state index in [2.05, 4.69) is 5.10 Å². The largest absolute Gasteiger partial charge is 0.493 e. The summed E-state index contributed by atoms with van der Waals surface area (Å²) in [6.45, 7) is 6.46. The predicted octanol–water partition coefficient (Wildman–Crippen LogP) is 2.76. The summed E-state index contributed by atoms with van der Waals surface area (Å²) >= 11 is 0. The lowest BCUT2D eigenvalue weighted by molar-refractivity contribution is 0.0685. The number of fused-ring (bicyclic) bond motifs is 7. The molecule has 1 aromatic carbocycles. The number of carbonyl (C=O) groups excluding carboxylic acids is 1. The number of hydrogen-bond acceptors (Lipinski definition) is 7. The Labute approximate surface area is 225 Å². The van der Waals surface area contributed by atoms with E-state index < -0.39 is 21.4 Å². The van der Waals surface area contributed by atoms with E-state index in [0.29, 0.717) is 31.5 Å². The highest BCUT2D eigenvalue weighted by Crippen LogP contribution is 2.41. The average Bonchev–Trinajstić information content (AvgIpc) is 3.26. The van der Waals surface area contributed by atoms with Gasteiger partial charge in [-0.2, -0.15) is 0 Å². The Morgan fingerprint density at radius 2 is 1.95 bits per heavy atom. The summed E-state index contributed by atoms with van der Waals surface area (Å²) in [5.74, 6) is -0.601. The predicted molar refractivity (Wildman–Crippen MR) is 144 cm³/mol. The molecular weight excluding hydrogens is 529 g/mol. The van der Waals surface area contributed by atoms with Gasteiger partial charge in [0.25, 0.3) is 11.5 Å². The number of nitrogens with zero attached hydrogens (tertiary/aromatic N) is 5. The van der Waals surface area contributed by atoms with Crippen molar-refractivity contribution in [2.45, 2.75) is 46.2 Å². The van der Waals surface area contributed by atoms with Crippen LogP contribution < -0.4 is 19.3 Å². The van der Waals surface area contributed by atoms with Crippen LogP contribution in [0.2, 0.25) is 0 Å². The Kier molecular flexibility index (Phi) is 7.04.